The topological polar surface area (TPSA) is 40.6 Å². The molecule has 0 radical (unpaired) electrons. The van der Waals surface area contributed by atoms with Crippen LogP contribution in [0.1, 0.15) is 6.92 Å². The molecule has 1 atom stereocenters. The third-order valence-electron chi connectivity index (χ3n) is 3.90. The van der Waals surface area contributed by atoms with Crippen molar-refractivity contribution in [2.24, 2.45) is 0 Å². The molecule has 0 amide bonds. The predicted octanol–water partition coefficient (Wildman–Crippen LogP) is 2.92. The normalized spacial score (nSPS) is 17.0. The molecular weight excluding hydrogens is 296 g/mol. The molecule has 0 N–H and O–H groups in total. The smallest absolute Gasteiger partial charge is 0.210 e. The van der Waals surface area contributed by atoms with Crippen LogP contribution in [0.15, 0.2) is 58.3 Å². The molecule has 1 heterocycles. The first-order chi connectivity index (χ1) is 10.4. The Morgan fingerprint density at radius 3 is 1.86 bits per heavy atom. The largest absolute Gasteiger partial charge is 0.335 e. The third kappa shape index (κ3) is 2.30. The van der Waals surface area contributed by atoms with Gasteiger partial charge in [0.2, 0.25) is 9.84 Å². The van der Waals surface area contributed by atoms with E-state index in [1.165, 1.54) is 0 Å². The van der Waals surface area contributed by atoms with Crippen molar-refractivity contribution in [3.05, 3.63) is 48.5 Å². The van der Waals surface area contributed by atoms with Crippen molar-refractivity contribution >= 4 is 21.2 Å². The Balaban J connectivity index is 2.24. The summed E-state index contributed by atoms with van der Waals surface area (Å²) in [6.07, 6.45) is 0. The summed E-state index contributed by atoms with van der Waals surface area (Å²) in [6.45, 7) is 2.95. The number of nitrogens with zero attached hydrogens (tertiary/aromatic N) is 2. The molecule has 4 nitrogen and oxygen atoms in total. The zero-order chi connectivity index (χ0) is 15.9. The van der Waals surface area contributed by atoms with Crippen LogP contribution in [-0.2, 0) is 9.84 Å². The van der Waals surface area contributed by atoms with Crippen LogP contribution in [0.25, 0.3) is 0 Å². The van der Waals surface area contributed by atoms with Crippen LogP contribution in [0.3, 0.4) is 0 Å². The minimum atomic E-state index is -3.45. The van der Waals surface area contributed by atoms with Crippen LogP contribution < -0.4 is 4.90 Å². The van der Waals surface area contributed by atoms with E-state index in [1.54, 1.807) is 24.3 Å². The maximum atomic E-state index is 12.8. The number of likely N-dealkylation sites (N-methyl/N-ethyl adjacent to an activating group) is 1. The molecule has 0 fully saturated rings. The van der Waals surface area contributed by atoms with Crippen LogP contribution in [0.4, 0.5) is 11.4 Å². The first-order valence-electron chi connectivity index (χ1n) is 7.30. The lowest BCUT2D eigenvalue weighted by Crippen LogP contribution is -2.39. The fraction of sp³-hybridized carbons (Fsp3) is 0.294. The molecule has 1 aliphatic heterocycles. The SMILES string of the molecule is C[C@@H](CN(C)C)N1c2ccccc2S(=O)(=O)c2ccccc21. The first kappa shape index (κ1) is 15.1. The summed E-state index contributed by atoms with van der Waals surface area (Å²) in [4.78, 5) is 5.02. The first-order valence-corrected chi connectivity index (χ1v) is 8.78. The van der Waals surface area contributed by atoms with Crippen molar-refractivity contribution in [1.82, 2.24) is 4.90 Å². The number of rotatable bonds is 3. The molecule has 0 bridgehead atoms. The monoisotopic (exact) mass is 316 g/mol. The molecular formula is C17H20N2O2S. The van der Waals surface area contributed by atoms with E-state index in [1.807, 2.05) is 38.4 Å². The van der Waals surface area contributed by atoms with Gasteiger partial charge in [0.15, 0.2) is 0 Å². The van der Waals surface area contributed by atoms with Crippen molar-refractivity contribution in [2.45, 2.75) is 22.8 Å². The second-order valence-electron chi connectivity index (χ2n) is 5.92. The molecule has 1 aliphatic rings. The summed E-state index contributed by atoms with van der Waals surface area (Å²) < 4.78 is 25.7. The molecule has 5 heteroatoms. The number of hydrogen-bond acceptors (Lipinski definition) is 4. The lowest BCUT2D eigenvalue weighted by Gasteiger charge is -2.38. The molecule has 22 heavy (non-hydrogen) atoms. The zero-order valence-corrected chi connectivity index (χ0v) is 13.8. The van der Waals surface area contributed by atoms with E-state index < -0.39 is 9.84 Å². The summed E-state index contributed by atoms with van der Waals surface area (Å²) in [5.41, 5.74) is 1.52. The number of hydrogen-bond donors (Lipinski definition) is 0. The lowest BCUT2D eigenvalue weighted by molar-refractivity contribution is 0.379. The van der Waals surface area contributed by atoms with Gasteiger partial charge in [-0.2, -0.15) is 0 Å². The van der Waals surface area contributed by atoms with E-state index in [-0.39, 0.29) is 6.04 Å². The minimum Gasteiger partial charge on any atom is -0.335 e. The molecule has 2 aromatic rings. The van der Waals surface area contributed by atoms with Crippen LogP contribution in [0.5, 0.6) is 0 Å². The maximum Gasteiger partial charge on any atom is 0.210 e. The average Bonchev–Trinajstić information content (AvgIpc) is 2.47. The van der Waals surface area contributed by atoms with E-state index >= 15 is 0 Å². The Labute approximate surface area is 131 Å². The number of benzene rings is 2. The Hall–Kier alpha value is -1.85. The van der Waals surface area contributed by atoms with Gasteiger partial charge in [0.1, 0.15) is 0 Å². The summed E-state index contributed by atoms with van der Waals surface area (Å²) in [5.74, 6) is 0. The van der Waals surface area contributed by atoms with Crippen LogP contribution in [-0.4, -0.2) is 40.0 Å². The number of sulfone groups is 1. The molecule has 116 valence electrons. The molecule has 0 aromatic heterocycles. The van der Waals surface area contributed by atoms with Gasteiger partial charge < -0.3 is 9.80 Å². The van der Waals surface area contributed by atoms with Gasteiger partial charge in [-0.15, -0.1) is 0 Å². The molecule has 0 saturated carbocycles. The number of para-hydroxylation sites is 2. The molecule has 0 spiro atoms. The summed E-state index contributed by atoms with van der Waals surface area (Å²) >= 11 is 0. The summed E-state index contributed by atoms with van der Waals surface area (Å²) in [6, 6.07) is 14.6. The molecule has 0 saturated heterocycles. The van der Waals surface area contributed by atoms with Crippen LogP contribution in [0.2, 0.25) is 0 Å². The Morgan fingerprint density at radius 2 is 1.41 bits per heavy atom. The molecule has 0 aliphatic carbocycles. The molecule has 2 aromatic carbocycles. The highest BCUT2D eigenvalue weighted by Crippen LogP contribution is 2.44. The van der Waals surface area contributed by atoms with Gasteiger partial charge in [0.25, 0.3) is 0 Å². The zero-order valence-electron chi connectivity index (χ0n) is 13.0. The predicted molar refractivity (Wildman–Crippen MR) is 88.5 cm³/mol. The van der Waals surface area contributed by atoms with E-state index in [0.717, 1.165) is 17.9 Å². The Morgan fingerprint density at radius 1 is 0.955 bits per heavy atom. The van der Waals surface area contributed by atoms with Gasteiger partial charge in [0, 0.05) is 12.6 Å². The van der Waals surface area contributed by atoms with E-state index in [0.29, 0.717) is 9.79 Å². The summed E-state index contributed by atoms with van der Waals surface area (Å²) in [7, 11) is 0.594. The quantitative estimate of drug-likeness (QED) is 0.873. The highest BCUT2D eigenvalue weighted by Gasteiger charge is 2.35. The highest BCUT2D eigenvalue weighted by atomic mass is 32.2. The average molecular weight is 316 g/mol. The van der Waals surface area contributed by atoms with Crippen molar-refractivity contribution in [3.63, 3.8) is 0 Å². The standard InChI is InChI=1S/C17H20N2O2S/c1-13(12-18(2)3)19-14-8-4-6-10-16(14)22(20,21)17-11-7-5-9-15(17)19/h4-11,13H,12H2,1-3H3/t13-/m0/s1. The van der Waals surface area contributed by atoms with Gasteiger partial charge in [-0.05, 0) is 45.3 Å². The maximum absolute atomic E-state index is 12.8. The fourth-order valence-corrected chi connectivity index (χ4v) is 4.74. The summed E-state index contributed by atoms with van der Waals surface area (Å²) in [5, 5.41) is 0. The third-order valence-corrected chi connectivity index (χ3v) is 5.75. The van der Waals surface area contributed by atoms with E-state index in [4.69, 9.17) is 0 Å². The van der Waals surface area contributed by atoms with Crippen molar-refractivity contribution in [3.8, 4) is 0 Å². The van der Waals surface area contributed by atoms with E-state index in [9.17, 15) is 8.42 Å². The fourth-order valence-electron chi connectivity index (χ4n) is 3.10. The Bertz CT molecular complexity index is 746. The second-order valence-corrected chi connectivity index (χ2v) is 7.81. The van der Waals surface area contributed by atoms with Crippen molar-refractivity contribution in [2.75, 3.05) is 25.5 Å². The molecule has 3 rings (SSSR count). The van der Waals surface area contributed by atoms with Gasteiger partial charge in [-0.25, -0.2) is 8.42 Å². The van der Waals surface area contributed by atoms with Gasteiger partial charge in [-0.1, -0.05) is 24.3 Å². The molecule has 0 unspecified atom stereocenters. The Kier molecular flexibility index (Phi) is 3.70. The number of fused-ring (bicyclic) bond motifs is 2. The van der Waals surface area contributed by atoms with Crippen LogP contribution >= 0.6 is 0 Å². The minimum absolute atomic E-state index is 0.160. The van der Waals surface area contributed by atoms with Crippen LogP contribution in [0, 0.1) is 0 Å². The van der Waals surface area contributed by atoms with Crippen molar-refractivity contribution < 1.29 is 8.42 Å². The lowest BCUT2D eigenvalue weighted by atomic mass is 10.1. The number of anilines is 2. The van der Waals surface area contributed by atoms with Crippen molar-refractivity contribution in [1.29, 1.82) is 0 Å². The van der Waals surface area contributed by atoms with Gasteiger partial charge in [0.05, 0.1) is 21.2 Å². The van der Waals surface area contributed by atoms with E-state index in [2.05, 4.69) is 16.7 Å². The highest BCUT2D eigenvalue weighted by molar-refractivity contribution is 7.92. The van der Waals surface area contributed by atoms with Gasteiger partial charge in [-0.3, -0.25) is 0 Å². The second kappa shape index (κ2) is 5.41. The van der Waals surface area contributed by atoms with Gasteiger partial charge >= 0.3 is 0 Å².